The number of nitrogens with zero attached hydrogens (tertiary/aromatic N) is 3. The molecule has 1 unspecified atom stereocenters. The van der Waals surface area contributed by atoms with Crippen LogP contribution < -0.4 is 0 Å². The lowest BCUT2D eigenvalue weighted by atomic mass is 10.1. The lowest BCUT2D eigenvalue weighted by Crippen LogP contribution is -2.44. The minimum Gasteiger partial charge on any atom is -0.334 e. The van der Waals surface area contributed by atoms with E-state index in [4.69, 9.17) is 1.37 Å². The van der Waals surface area contributed by atoms with E-state index in [1.165, 1.54) is 11.9 Å². The fraction of sp³-hybridized carbons (Fsp3) is 0.714. The standard InChI is InChI=1S/C14H23N3O4S2/c1-14(2)12(20)17(13(21)16(14)4)6-5-10(23)11(19)15(3)9(7-18)8-22/h7,9-10,22-23H,5-6,8H2,1-4H3/t9?,10-/m0/s1/i9T. The molecule has 0 saturated carbocycles. The Morgan fingerprint density at radius 2 is 2.04 bits per heavy atom. The summed E-state index contributed by atoms with van der Waals surface area (Å²) >= 11 is 8.11. The van der Waals surface area contributed by atoms with Gasteiger partial charge in [-0.1, -0.05) is 0 Å². The molecular weight excluding hydrogens is 338 g/mol. The van der Waals surface area contributed by atoms with Crippen LogP contribution in [0.2, 0.25) is 0 Å². The topological polar surface area (TPSA) is 78.0 Å². The van der Waals surface area contributed by atoms with Crippen molar-refractivity contribution in [2.75, 3.05) is 26.4 Å². The van der Waals surface area contributed by atoms with Gasteiger partial charge in [-0.05, 0) is 20.3 Å². The zero-order valence-electron chi connectivity index (χ0n) is 14.6. The zero-order chi connectivity index (χ0) is 18.9. The highest BCUT2D eigenvalue weighted by molar-refractivity contribution is 7.81. The molecule has 0 aromatic carbocycles. The highest BCUT2D eigenvalue weighted by Gasteiger charge is 2.49. The molecule has 1 rings (SSSR count). The Balaban J connectivity index is 2.75. The normalized spacial score (nSPS) is 21.7. The van der Waals surface area contributed by atoms with E-state index in [0.717, 1.165) is 9.80 Å². The van der Waals surface area contributed by atoms with Gasteiger partial charge in [0.15, 0.2) is 0 Å². The van der Waals surface area contributed by atoms with Gasteiger partial charge in [0.2, 0.25) is 5.91 Å². The van der Waals surface area contributed by atoms with Crippen LogP contribution in [0.1, 0.15) is 21.6 Å². The molecule has 4 amide bonds. The quantitative estimate of drug-likeness (QED) is 0.388. The summed E-state index contributed by atoms with van der Waals surface area (Å²) < 4.78 is 7.89. The molecule has 0 aliphatic carbocycles. The minimum atomic E-state index is -1.78. The van der Waals surface area contributed by atoms with E-state index in [9.17, 15) is 19.2 Å². The van der Waals surface area contributed by atoms with E-state index >= 15 is 0 Å². The van der Waals surface area contributed by atoms with Crippen molar-refractivity contribution in [3.8, 4) is 0 Å². The van der Waals surface area contributed by atoms with E-state index < -0.39 is 28.7 Å². The monoisotopic (exact) mass is 363 g/mol. The number of carbonyl (C=O) groups excluding carboxylic acids is 4. The number of carbonyl (C=O) groups is 4. The number of hydrogen-bond donors (Lipinski definition) is 2. The Morgan fingerprint density at radius 3 is 2.43 bits per heavy atom. The molecule has 1 saturated heterocycles. The molecule has 1 aliphatic heterocycles. The van der Waals surface area contributed by atoms with Crippen molar-refractivity contribution < 1.29 is 20.5 Å². The average Bonchev–Trinajstić information content (AvgIpc) is 2.71. The Kier molecular flexibility index (Phi) is 5.96. The summed E-state index contributed by atoms with van der Waals surface area (Å²) in [6.45, 7) is 3.33. The Bertz CT molecular complexity index is 560. The predicted octanol–water partition coefficient (Wildman–Crippen LogP) is 0.303. The lowest BCUT2D eigenvalue weighted by Gasteiger charge is -2.25. The molecule has 9 heteroatoms. The van der Waals surface area contributed by atoms with Gasteiger partial charge in [0.25, 0.3) is 5.91 Å². The minimum absolute atomic E-state index is 0.0339. The Labute approximate surface area is 148 Å². The molecular formula is C14H23N3O4S2. The van der Waals surface area contributed by atoms with E-state index in [0.29, 0.717) is 6.29 Å². The largest absolute Gasteiger partial charge is 0.334 e. The molecule has 1 heterocycles. The molecule has 0 aromatic heterocycles. The number of imide groups is 1. The SMILES string of the molecule is [3H]C(C=O)(CS)N(C)C(=O)[C@@H](S)CCN1C(=O)N(C)C(C)(C)C1=O. The summed E-state index contributed by atoms with van der Waals surface area (Å²) in [6.07, 6.45) is 0.457. The van der Waals surface area contributed by atoms with Gasteiger partial charge in [0.1, 0.15) is 11.8 Å². The highest BCUT2D eigenvalue weighted by Crippen LogP contribution is 2.26. The number of urea groups is 1. The van der Waals surface area contributed by atoms with Crippen LogP contribution >= 0.6 is 25.3 Å². The van der Waals surface area contributed by atoms with Crippen molar-refractivity contribution >= 4 is 49.4 Å². The summed E-state index contributed by atoms with van der Waals surface area (Å²) in [5.41, 5.74) is -0.927. The predicted molar refractivity (Wildman–Crippen MR) is 92.8 cm³/mol. The van der Waals surface area contributed by atoms with Gasteiger partial charge >= 0.3 is 6.03 Å². The maximum atomic E-state index is 12.3. The van der Waals surface area contributed by atoms with Crippen molar-refractivity contribution in [2.24, 2.45) is 0 Å². The smallest absolute Gasteiger partial charge is 0.327 e. The molecule has 0 N–H and O–H groups in total. The summed E-state index contributed by atoms with van der Waals surface area (Å²) in [6, 6.07) is -2.20. The fourth-order valence-electron chi connectivity index (χ4n) is 2.14. The molecule has 0 aromatic rings. The molecule has 23 heavy (non-hydrogen) atoms. The molecule has 0 spiro atoms. The van der Waals surface area contributed by atoms with E-state index in [1.54, 1.807) is 20.9 Å². The third-order valence-corrected chi connectivity index (χ3v) is 4.90. The molecule has 1 fully saturated rings. The third-order valence-electron chi connectivity index (χ3n) is 4.10. The average molecular weight is 363 g/mol. The summed E-state index contributed by atoms with van der Waals surface area (Å²) in [4.78, 5) is 51.1. The Hall–Kier alpha value is -1.22. The van der Waals surface area contributed by atoms with E-state index in [1.807, 2.05) is 0 Å². The van der Waals surface area contributed by atoms with Gasteiger partial charge in [0, 0.05) is 26.4 Å². The number of likely N-dealkylation sites (N-methyl/N-ethyl adjacent to an activating group) is 2. The van der Waals surface area contributed by atoms with Gasteiger partial charge in [0.05, 0.1) is 12.6 Å². The van der Waals surface area contributed by atoms with Gasteiger partial charge in [-0.3, -0.25) is 14.5 Å². The van der Waals surface area contributed by atoms with Crippen molar-refractivity contribution in [3.63, 3.8) is 0 Å². The van der Waals surface area contributed by atoms with Gasteiger partial charge < -0.3 is 14.6 Å². The first-order valence-corrected chi connectivity index (χ1v) is 8.21. The van der Waals surface area contributed by atoms with Crippen LogP contribution in [0.5, 0.6) is 0 Å². The lowest BCUT2D eigenvalue weighted by molar-refractivity contribution is -0.134. The van der Waals surface area contributed by atoms with E-state index in [2.05, 4.69) is 25.3 Å². The number of hydrogen-bond acceptors (Lipinski definition) is 6. The second-order valence-corrected chi connectivity index (χ2v) is 6.77. The first-order chi connectivity index (χ1) is 10.9. The third kappa shape index (κ3) is 3.82. The van der Waals surface area contributed by atoms with Crippen LogP contribution in [-0.2, 0) is 14.4 Å². The van der Waals surface area contributed by atoms with Crippen LogP contribution in [-0.4, -0.2) is 82.0 Å². The summed E-state index contributed by atoms with van der Waals surface area (Å²) in [7, 11) is 2.87. The van der Waals surface area contributed by atoms with Crippen LogP contribution in [0.15, 0.2) is 0 Å². The van der Waals surface area contributed by atoms with Crippen molar-refractivity contribution in [2.45, 2.75) is 37.1 Å². The van der Waals surface area contributed by atoms with Crippen molar-refractivity contribution in [1.29, 1.82) is 0 Å². The molecule has 2 atom stereocenters. The second kappa shape index (κ2) is 7.57. The van der Waals surface area contributed by atoms with Crippen molar-refractivity contribution in [1.82, 2.24) is 14.7 Å². The van der Waals surface area contributed by atoms with Crippen LogP contribution in [0, 0.1) is 0 Å². The number of thiol groups is 2. The summed E-state index contributed by atoms with van der Waals surface area (Å²) in [5, 5.41) is -0.853. The first kappa shape index (κ1) is 18.1. The van der Waals surface area contributed by atoms with Gasteiger partial charge in [-0.25, -0.2) is 4.79 Å². The van der Waals surface area contributed by atoms with E-state index in [-0.39, 0.29) is 24.6 Å². The second-order valence-electron chi connectivity index (χ2n) is 5.83. The maximum Gasteiger partial charge on any atom is 0.327 e. The molecule has 0 radical (unpaired) electrons. The van der Waals surface area contributed by atoms with Gasteiger partial charge in [-0.15, -0.1) is 0 Å². The highest BCUT2D eigenvalue weighted by atomic mass is 32.1. The van der Waals surface area contributed by atoms with Crippen LogP contribution in [0.3, 0.4) is 0 Å². The van der Waals surface area contributed by atoms with Gasteiger partial charge in [-0.2, -0.15) is 25.3 Å². The van der Waals surface area contributed by atoms with Crippen LogP contribution in [0.25, 0.3) is 0 Å². The zero-order valence-corrected chi connectivity index (χ0v) is 15.4. The molecule has 130 valence electrons. The Morgan fingerprint density at radius 1 is 1.48 bits per heavy atom. The number of aldehydes is 1. The van der Waals surface area contributed by atoms with Crippen LogP contribution in [0.4, 0.5) is 4.79 Å². The fourth-order valence-corrected chi connectivity index (χ4v) is 2.72. The maximum absolute atomic E-state index is 12.3. The summed E-state index contributed by atoms with van der Waals surface area (Å²) in [5.74, 6) is -1.03. The number of amides is 4. The molecule has 7 nitrogen and oxygen atoms in total. The molecule has 1 aliphatic rings. The van der Waals surface area contributed by atoms with Crippen molar-refractivity contribution in [3.05, 3.63) is 0 Å². The molecule has 0 bridgehead atoms. The number of rotatable bonds is 7. The first-order valence-electron chi connectivity index (χ1n) is 7.56.